The van der Waals surface area contributed by atoms with E-state index in [0.717, 1.165) is 42.1 Å². The highest BCUT2D eigenvalue weighted by molar-refractivity contribution is 7.92. The van der Waals surface area contributed by atoms with Gasteiger partial charge >= 0.3 is 0 Å². The van der Waals surface area contributed by atoms with E-state index in [9.17, 15) is 13.2 Å². The van der Waals surface area contributed by atoms with Crippen molar-refractivity contribution in [2.24, 2.45) is 0 Å². The van der Waals surface area contributed by atoms with Crippen molar-refractivity contribution in [2.45, 2.75) is 19.8 Å². The van der Waals surface area contributed by atoms with Crippen molar-refractivity contribution >= 4 is 27.3 Å². The molecule has 6 nitrogen and oxygen atoms in total. The molecule has 0 aliphatic carbocycles. The number of rotatable bonds is 8. The fourth-order valence-electron chi connectivity index (χ4n) is 3.43. The van der Waals surface area contributed by atoms with E-state index in [0.29, 0.717) is 12.2 Å². The molecule has 150 valence electrons. The Morgan fingerprint density at radius 1 is 1.14 bits per heavy atom. The Morgan fingerprint density at radius 2 is 1.86 bits per heavy atom. The van der Waals surface area contributed by atoms with Crippen molar-refractivity contribution in [1.82, 2.24) is 5.32 Å². The predicted octanol–water partition coefficient (Wildman–Crippen LogP) is 2.33. The molecule has 0 saturated carbocycles. The number of nitrogens with zero attached hydrogens (tertiary/aromatic N) is 2. The fourth-order valence-corrected chi connectivity index (χ4v) is 4.29. The van der Waals surface area contributed by atoms with Crippen LogP contribution >= 0.6 is 0 Å². The summed E-state index contributed by atoms with van der Waals surface area (Å²) in [6, 6.07) is 15.5. The van der Waals surface area contributed by atoms with Gasteiger partial charge in [-0.3, -0.25) is 9.10 Å². The second kappa shape index (κ2) is 8.65. The van der Waals surface area contributed by atoms with Gasteiger partial charge in [0.05, 0.1) is 11.9 Å². The number of para-hydroxylation sites is 1. The minimum Gasteiger partial charge on any atom is -0.371 e. The largest absolute Gasteiger partial charge is 0.371 e. The van der Waals surface area contributed by atoms with Crippen molar-refractivity contribution < 1.29 is 13.2 Å². The van der Waals surface area contributed by atoms with Crippen LogP contribution in [0.2, 0.25) is 0 Å². The Bertz CT molecular complexity index is 926. The van der Waals surface area contributed by atoms with Crippen LogP contribution in [0.25, 0.3) is 0 Å². The number of amides is 1. The monoisotopic (exact) mass is 401 g/mol. The molecule has 3 rings (SSSR count). The van der Waals surface area contributed by atoms with Gasteiger partial charge in [0.15, 0.2) is 0 Å². The standard InChI is InChI=1S/C21H27N3O3S/c1-17-8-10-19(11-9-17)24(28(2,26)27)16-21(25)22-13-5-14-23-15-12-18-6-3-4-7-20(18)23/h3-4,6-11H,5,12-16H2,1-2H3,(H,22,25). The number of hydrogen-bond donors (Lipinski definition) is 1. The van der Waals surface area contributed by atoms with E-state index >= 15 is 0 Å². The van der Waals surface area contributed by atoms with Crippen LogP contribution in [0.3, 0.4) is 0 Å². The zero-order valence-electron chi connectivity index (χ0n) is 16.4. The first kappa shape index (κ1) is 20.2. The van der Waals surface area contributed by atoms with Crippen LogP contribution in [0, 0.1) is 6.92 Å². The van der Waals surface area contributed by atoms with Gasteiger partial charge in [-0.15, -0.1) is 0 Å². The first-order valence-corrected chi connectivity index (χ1v) is 11.3. The number of carbonyl (C=O) groups is 1. The van der Waals surface area contributed by atoms with Gasteiger partial charge in [-0.1, -0.05) is 35.9 Å². The van der Waals surface area contributed by atoms with Gasteiger partial charge in [-0.05, 0) is 43.5 Å². The molecule has 7 heteroatoms. The van der Waals surface area contributed by atoms with Crippen LogP contribution in [0.5, 0.6) is 0 Å². The molecule has 2 aromatic carbocycles. The number of fused-ring (bicyclic) bond motifs is 1. The number of nitrogens with one attached hydrogen (secondary N) is 1. The molecule has 0 aromatic heterocycles. The summed E-state index contributed by atoms with van der Waals surface area (Å²) in [5, 5.41) is 2.84. The maximum Gasteiger partial charge on any atom is 0.240 e. The predicted molar refractivity (Wildman–Crippen MR) is 113 cm³/mol. The normalized spacial score (nSPS) is 13.3. The Morgan fingerprint density at radius 3 is 2.57 bits per heavy atom. The molecule has 1 aliphatic heterocycles. The number of carbonyl (C=O) groups excluding carboxylic acids is 1. The highest BCUT2D eigenvalue weighted by Gasteiger charge is 2.21. The molecule has 1 aliphatic rings. The van der Waals surface area contributed by atoms with Gasteiger partial charge in [0.1, 0.15) is 6.54 Å². The average Bonchev–Trinajstić information content (AvgIpc) is 3.06. The lowest BCUT2D eigenvalue weighted by molar-refractivity contribution is -0.119. The first-order valence-electron chi connectivity index (χ1n) is 9.48. The molecule has 0 unspecified atom stereocenters. The lowest BCUT2D eigenvalue weighted by Gasteiger charge is -2.22. The summed E-state index contributed by atoms with van der Waals surface area (Å²) in [7, 11) is -3.54. The van der Waals surface area contributed by atoms with Crippen LogP contribution in [0.15, 0.2) is 48.5 Å². The third kappa shape index (κ3) is 5.04. The number of sulfonamides is 1. The smallest absolute Gasteiger partial charge is 0.240 e. The van der Waals surface area contributed by atoms with Crippen LogP contribution in [-0.4, -0.2) is 46.8 Å². The summed E-state index contributed by atoms with van der Waals surface area (Å²) in [5.41, 5.74) is 4.17. The highest BCUT2D eigenvalue weighted by Crippen LogP contribution is 2.27. The maximum atomic E-state index is 12.3. The van der Waals surface area contributed by atoms with Crippen molar-refractivity contribution in [3.63, 3.8) is 0 Å². The first-order chi connectivity index (χ1) is 13.3. The van der Waals surface area contributed by atoms with Crippen LogP contribution in [0.1, 0.15) is 17.5 Å². The lowest BCUT2D eigenvalue weighted by Crippen LogP contribution is -2.41. The molecule has 0 atom stereocenters. The number of benzene rings is 2. The molecule has 1 N–H and O–H groups in total. The number of hydrogen-bond acceptors (Lipinski definition) is 4. The summed E-state index contributed by atoms with van der Waals surface area (Å²) < 4.78 is 25.4. The van der Waals surface area contributed by atoms with Crippen molar-refractivity contribution in [1.29, 1.82) is 0 Å². The average molecular weight is 402 g/mol. The SMILES string of the molecule is Cc1ccc(N(CC(=O)NCCCN2CCc3ccccc32)S(C)(=O)=O)cc1. The Hall–Kier alpha value is -2.54. The zero-order chi connectivity index (χ0) is 20.1. The lowest BCUT2D eigenvalue weighted by atomic mass is 10.2. The molecule has 0 fully saturated rings. The molecular weight excluding hydrogens is 374 g/mol. The van der Waals surface area contributed by atoms with E-state index in [1.54, 1.807) is 12.1 Å². The molecule has 1 amide bonds. The summed E-state index contributed by atoms with van der Waals surface area (Å²) in [6.45, 7) is 4.10. The number of anilines is 2. The van der Waals surface area contributed by atoms with E-state index in [-0.39, 0.29) is 12.5 Å². The van der Waals surface area contributed by atoms with Gasteiger partial charge in [0.25, 0.3) is 0 Å². The minimum absolute atomic E-state index is 0.214. The van der Waals surface area contributed by atoms with Crippen LogP contribution in [0.4, 0.5) is 11.4 Å². The van der Waals surface area contributed by atoms with E-state index in [4.69, 9.17) is 0 Å². The van der Waals surface area contributed by atoms with Crippen molar-refractivity contribution in [2.75, 3.05) is 41.6 Å². The molecule has 0 radical (unpaired) electrons. The van der Waals surface area contributed by atoms with Gasteiger partial charge in [0.2, 0.25) is 15.9 Å². The summed E-state index contributed by atoms with van der Waals surface area (Å²) in [5.74, 6) is -0.298. The second-order valence-electron chi connectivity index (χ2n) is 7.17. The third-order valence-electron chi connectivity index (χ3n) is 4.92. The quantitative estimate of drug-likeness (QED) is 0.690. The van der Waals surface area contributed by atoms with Crippen molar-refractivity contribution in [3.05, 3.63) is 59.7 Å². The maximum absolute atomic E-state index is 12.3. The van der Waals surface area contributed by atoms with Crippen molar-refractivity contribution in [3.8, 4) is 0 Å². The van der Waals surface area contributed by atoms with E-state index in [2.05, 4.69) is 28.4 Å². The van der Waals surface area contributed by atoms with E-state index in [1.807, 2.05) is 25.1 Å². The third-order valence-corrected chi connectivity index (χ3v) is 6.06. The highest BCUT2D eigenvalue weighted by atomic mass is 32.2. The fraction of sp³-hybridized carbons (Fsp3) is 0.381. The minimum atomic E-state index is -3.54. The second-order valence-corrected chi connectivity index (χ2v) is 9.08. The van der Waals surface area contributed by atoms with Gasteiger partial charge < -0.3 is 10.2 Å². The summed E-state index contributed by atoms with van der Waals surface area (Å²) in [6.07, 6.45) is 2.98. The van der Waals surface area contributed by atoms with Gasteiger partial charge in [-0.2, -0.15) is 0 Å². The van der Waals surface area contributed by atoms with Crippen LogP contribution in [-0.2, 0) is 21.2 Å². The van der Waals surface area contributed by atoms with E-state index in [1.165, 1.54) is 11.3 Å². The summed E-state index contributed by atoms with van der Waals surface area (Å²) >= 11 is 0. The Kier molecular flexibility index (Phi) is 6.24. The summed E-state index contributed by atoms with van der Waals surface area (Å²) in [4.78, 5) is 14.6. The van der Waals surface area contributed by atoms with Gasteiger partial charge in [-0.25, -0.2) is 8.42 Å². The Balaban J connectivity index is 1.49. The molecule has 0 bridgehead atoms. The molecule has 0 saturated heterocycles. The molecular formula is C21H27N3O3S. The van der Waals surface area contributed by atoms with Crippen LogP contribution < -0.4 is 14.5 Å². The molecule has 28 heavy (non-hydrogen) atoms. The molecule has 0 spiro atoms. The number of aryl methyl sites for hydroxylation is 1. The zero-order valence-corrected chi connectivity index (χ0v) is 17.2. The topological polar surface area (TPSA) is 69.7 Å². The Labute approximate surface area is 167 Å². The van der Waals surface area contributed by atoms with E-state index < -0.39 is 10.0 Å². The molecule has 2 aromatic rings. The molecule has 1 heterocycles. The van der Waals surface area contributed by atoms with Gasteiger partial charge in [0, 0.05) is 25.3 Å².